The fourth-order valence-electron chi connectivity index (χ4n) is 1.75. The molecule has 2 N–H and O–H groups in total. The van der Waals surface area contributed by atoms with Crippen LogP contribution in [0.2, 0.25) is 5.02 Å². The van der Waals surface area contributed by atoms with Crippen molar-refractivity contribution in [3.05, 3.63) is 63.9 Å². The Labute approximate surface area is 106 Å². The Kier molecular flexibility index (Phi) is 3.46. The number of benzene rings is 1. The SMILES string of the molecule is Cc1ccc(C(N)c2cccc(C)c2Cl)cn1. The Morgan fingerprint density at radius 1 is 1.18 bits per heavy atom. The van der Waals surface area contributed by atoms with Crippen LogP contribution in [0.25, 0.3) is 0 Å². The second kappa shape index (κ2) is 4.86. The maximum Gasteiger partial charge on any atom is 0.0581 e. The van der Waals surface area contributed by atoms with Crippen LogP contribution in [0.3, 0.4) is 0 Å². The lowest BCUT2D eigenvalue weighted by Gasteiger charge is -2.15. The van der Waals surface area contributed by atoms with E-state index in [0.29, 0.717) is 0 Å². The molecule has 0 saturated carbocycles. The fourth-order valence-corrected chi connectivity index (χ4v) is 2.00. The molecule has 0 aliphatic heterocycles. The van der Waals surface area contributed by atoms with E-state index in [0.717, 1.165) is 27.4 Å². The van der Waals surface area contributed by atoms with E-state index >= 15 is 0 Å². The van der Waals surface area contributed by atoms with E-state index in [2.05, 4.69) is 4.98 Å². The van der Waals surface area contributed by atoms with E-state index in [1.54, 1.807) is 6.20 Å². The topological polar surface area (TPSA) is 38.9 Å². The van der Waals surface area contributed by atoms with Crippen molar-refractivity contribution >= 4 is 11.6 Å². The van der Waals surface area contributed by atoms with E-state index in [1.807, 2.05) is 44.2 Å². The summed E-state index contributed by atoms with van der Waals surface area (Å²) in [6, 6.07) is 9.63. The predicted octanol–water partition coefficient (Wildman–Crippen LogP) is 3.40. The molecule has 17 heavy (non-hydrogen) atoms. The molecule has 1 aromatic carbocycles. The summed E-state index contributed by atoms with van der Waals surface area (Å²) >= 11 is 6.27. The summed E-state index contributed by atoms with van der Waals surface area (Å²) in [5, 5.41) is 0.737. The quantitative estimate of drug-likeness (QED) is 0.882. The average Bonchev–Trinajstić information content (AvgIpc) is 2.33. The third-order valence-electron chi connectivity index (χ3n) is 2.85. The molecule has 88 valence electrons. The number of nitrogens with zero attached hydrogens (tertiary/aromatic N) is 1. The summed E-state index contributed by atoms with van der Waals surface area (Å²) in [7, 11) is 0. The summed E-state index contributed by atoms with van der Waals surface area (Å²) in [5.41, 5.74) is 10.2. The van der Waals surface area contributed by atoms with E-state index < -0.39 is 0 Å². The van der Waals surface area contributed by atoms with Crippen LogP contribution in [-0.4, -0.2) is 4.98 Å². The lowest BCUT2D eigenvalue weighted by Crippen LogP contribution is -2.13. The molecule has 2 nitrogen and oxygen atoms in total. The summed E-state index contributed by atoms with van der Waals surface area (Å²) in [4.78, 5) is 4.25. The molecule has 0 fully saturated rings. The minimum absolute atomic E-state index is 0.226. The van der Waals surface area contributed by atoms with Gasteiger partial charge in [-0.2, -0.15) is 0 Å². The van der Waals surface area contributed by atoms with Gasteiger partial charge in [-0.15, -0.1) is 0 Å². The van der Waals surface area contributed by atoms with Gasteiger partial charge in [0.25, 0.3) is 0 Å². The third-order valence-corrected chi connectivity index (χ3v) is 3.37. The molecule has 0 saturated heterocycles. The van der Waals surface area contributed by atoms with Crippen molar-refractivity contribution in [2.24, 2.45) is 5.73 Å². The number of pyridine rings is 1. The van der Waals surface area contributed by atoms with Gasteiger partial charge in [-0.05, 0) is 36.6 Å². The minimum Gasteiger partial charge on any atom is -0.320 e. The van der Waals surface area contributed by atoms with Gasteiger partial charge >= 0.3 is 0 Å². The molecule has 1 heterocycles. The number of hydrogen-bond donors (Lipinski definition) is 1. The van der Waals surface area contributed by atoms with Crippen molar-refractivity contribution in [1.82, 2.24) is 4.98 Å². The van der Waals surface area contributed by atoms with E-state index in [4.69, 9.17) is 17.3 Å². The number of rotatable bonds is 2. The monoisotopic (exact) mass is 246 g/mol. The van der Waals surface area contributed by atoms with Crippen molar-refractivity contribution < 1.29 is 0 Å². The first-order valence-corrected chi connectivity index (χ1v) is 5.90. The number of nitrogens with two attached hydrogens (primary N) is 1. The van der Waals surface area contributed by atoms with Gasteiger partial charge in [0.2, 0.25) is 0 Å². The third kappa shape index (κ3) is 2.48. The van der Waals surface area contributed by atoms with E-state index in [-0.39, 0.29) is 6.04 Å². The lowest BCUT2D eigenvalue weighted by atomic mass is 9.99. The zero-order valence-electron chi connectivity index (χ0n) is 9.94. The van der Waals surface area contributed by atoms with Crippen LogP contribution >= 0.6 is 11.6 Å². The zero-order valence-corrected chi connectivity index (χ0v) is 10.7. The van der Waals surface area contributed by atoms with Crippen LogP contribution in [0.5, 0.6) is 0 Å². The van der Waals surface area contributed by atoms with Crippen LogP contribution in [0.1, 0.15) is 28.4 Å². The van der Waals surface area contributed by atoms with Gasteiger partial charge in [0.15, 0.2) is 0 Å². The van der Waals surface area contributed by atoms with Gasteiger partial charge in [0, 0.05) is 16.9 Å². The van der Waals surface area contributed by atoms with Crippen LogP contribution in [0.15, 0.2) is 36.5 Å². The summed E-state index contributed by atoms with van der Waals surface area (Å²) in [5.74, 6) is 0. The molecule has 0 amide bonds. The fraction of sp³-hybridized carbons (Fsp3) is 0.214. The number of halogens is 1. The normalized spacial score (nSPS) is 12.5. The highest BCUT2D eigenvalue weighted by molar-refractivity contribution is 6.32. The second-order valence-corrected chi connectivity index (χ2v) is 4.57. The van der Waals surface area contributed by atoms with E-state index in [9.17, 15) is 0 Å². The predicted molar refractivity (Wildman–Crippen MR) is 71.2 cm³/mol. The molecule has 0 radical (unpaired) electrons. The first-order valence-electron chi connectivity index (χ1n) is 5.52. The lowest BCUT2D eigenvalue weighted by molar-refractivity contribution is 0.859. The average molecular weight is 247 g/mol. The number of hydrogen-bond acceptors (Lipinski definition) is 2. The Morgan fingerprint density at radius 3 is 2.59 bits per heavy atom. The molecule has 1 unspecified atom stereocenters. The van der Waals surface area contributed by atoms with Crippen LogP contribution in [-0.2, 0) is 0 Å². The Morgan fingerprint density at radius 2 is 1.94 bits per heavy atom. The molecular formula is C14H15ClN2. The minimum atomic E-state index is -0.226. The number of aryl methyl sites for hydroxylation is 2. The van der Waals surface area contributed by atoms with Gasteiger partial charge in [0.1, 0.15) is 0 Å². The number of aromatic nitrogens is 1. The molecular weight excluding hydrogens is 232 g/mol. The standard InChI is InChI=1S/C14H15ClN2/c1-9-4-3-5-12(13(9)15)14(16)11-7-6-10(2)17-8-11/h3-8,14H,16H2,1-2H3. The van der Waals surface area contributed by atoms with Gasteiger partial charge < -0.3 is 5.73 Å². The molecule has 1 atom stereocenters. The van der Waals surface area contributed by atoms with Crippen LogP contribution in [0.4, 0.5) is 0 Å². The smallest absolute Gasteiger partial charge is 0.0581 e. The zero-order chi connectivity index (χ0) is 12.4. The van der Waals surface area contributed by atoms with E-state index in [1.165, 1.54) is 0 Å². The second-order valence-electron chi connectivity index (χ2n) is 4.19. The maximum absolute atomic E-state index is 6.27. The summed E-state index contributed by atoms with van der Waals surface area (Å²) in [6.07, 6.45) is 1.80. The van der Waals surface area contributed by atoms with Crippen molar-refractivity contribution in [2.45, 2.75) is 19.9 Å². The Bertz CT molecular complexity index is 520. The first-order chi connectivity index (χ1) is 8.09. The molecule has 0 aliphatic rings. The maximum atomic E-state index is 6.27. The van der Waals surface area contributed by atoms with Gasteiger partial charge in [0.05, 0.1) is 6.04 Å². The Balaban J connectivity index is 2.40. The molecule has 0 aliphatic carbocycles. The first kappa shape index (κ1) is 12.1. The van der Waals surface area contributed by atoms with Gasteiger partial charge in [-0.3, -0.25) is 4.98 Å². The highest BCUT2D eigenvalue weighted by Crippen LogP contribution is 2.28. The van der Waals surface area contributed by atoms with Gasteiger partial charge in [-0.25, -0.2) is 0 Å². The highest BCUT2D eigenvalue weighted by Gasteiger charge is 2.13. The van der Waals surface area contributed by atoms with Crippen LogP contribution in [0, 0.1) is 13.8 Å². The molecule has 0 bridgehead atoms. The highest BCUT2D eigenvalue weighted by atomic mass is 35.5. The van der Waals surface area contributed by atoms with Crippen molar-refractivity contribution in [3.63, 3.8) is 0 Å². The van der Waals surface area contributed by atoms with Crippen molar-refractivity contribution in [3.8, 4) is 0 Å². The largest absolute Gasteiger partial charge is 0.320 e. The molecule has 3 heteroatoms. The van der Waals surface area contributed by atoms with Gasteiger partial charge in [-0.1, -0.05) is 35.9 Å². The summed E-state index contributed by atoms with van der Waals surface area (Å²) < 4.78 is 0. The summed E-state index contributed by atoms with van der Waals surface area (Å²) in [6.45, 7) is 3.93. The van der Waals surface area contributed by atoms with Crippen molar-refractivity contribution in [2.75, 3.05) is 0 Å². The molecule has 0 spiro atoms. The van der Waals surface area contributed by atoms with Crippen LogP contribution < -0.4 is 5.73 Å². The molecule has 2 aromatic rings. The van der Waals surface area contributed by atoms with Crippen molar-refractivity contribution in [1.29, 1.82) is 0 Å². The molecule has 2 rings (SSSR count). The molecule has 1 aromatic heterocycles. The Hall–Kier alpha value is -1.38.